The zero-order valence-corrected chi connectivity index (χ0v) is 13.5. The van der Waals surface area contributed by atoms with E-state index in [1.165, 1.54) is 6.33 Å². The molecule has 3 heterocycles. The van der Waals surface area contributed by atoms with Crippen LogP contribution >= 0.6 is 0 Å². The van der Waals surface area contributed by atoms with E-state index in [9.17, 15) is 9.59 Å². The van der Waals surface area contributed by atoms with Gasteiger partial charge in [-0.3, -0.25) is 14.7 Å². The first kappa shape index (κ1) is 15.3. The van der Waals surface area contributed by atoms with Gasteiger partial charge in [0.25, 0.3) is 5.91 Å². The highest BCUT2D eigenvalue weighted by molar-refractivity contribution is 5.97. The van der Waals surface area contributed by atoms with Crippen LogP contribution in [-0.2, 0) is 4.79 Å². The third-order valence-corrected chi connectivity index (χ3v) is 4.97. The summed E-state index contributed by atoms with van der Waals surface area (Å²) in [4.78, 5) is 32.3. The summed E-state index contributed by atoms with van der Waals surface area (Å²) in [6.07, 6.45) is 2.52. The molecule has 0 aliphatic carbocycles. The lowest BCUT2D eigenvalue weighted by Gasteiger charge is -2.24. The normalized spacial score (nSPS) is 22.6. The molecule has 25 heavy (non-hydrogen) atoms. The van der Waals surface area contributed by atoms with E-state index in [1.54, 1.807) is 34.1 Å². The van der Waals surface area contributed by atoms with E-state index < -0.39 is 0 Å². The molecule has 2 aliphatic heterocycles. The van der Waals surface area contributed by atoms with E-state index in [2.05, 4.69) is 21.3 Å². The highest BCUT2D eigenvalue weighted by Crippen LogP contribution is 2.42. The number of anilines is 1. The molecule has 2 fully saturated rings. The van der Waals surface area contributed by atoms with E-state index >= 15 is 0 Å². The number of nitrogens with zero attached hydrogens (tertiary/aromatic N) is 5. The van der Waals surface area contributed by atoms with E-state index in [0.717, 1.165) is 12.1 Å². The molecule has 1 atom stereocenters. The SMILES string of the molecule is N#Cc1ccc(N2C[C@]3(CCN(C(=O)c4ncn[nH]4)C3)CC2=O)cc1. The van der Waals surface area contributed by atoms with Crippen molar-refractivity contribution in [1.29, 1.82) is 5.26 Å². The number of amides is 2. The Hall–Kier alpha value is -3.21. The van der Waals surface area contributed by atoms with Crippen LogP contribution in [0.5, 0.6) is 0 Å². The van der Waals surface area contributed by atoms with Gasteiger partial charge in [-0.25, -0.2) is 4.98 Å². The number of rotatable bonds is 2. The molecule has 126 valence electrons. The molecular weight excluding hydrogens is 320 g/mol. The van der Waals surface area contributed by atoms with Crippen LogP contribution in [0.2, 0.25) is 0 Å². The van der Waals surface area contributed by atoms with E-state index in [1.807, 2.05) is 0 Å². The Labute approximate surface area is 144 Å². The molecule has 8 heteroatoms. The Bertz CT molecular complexity index is 854. The number of H-pyrrole nitrogens is 1. The molecule has 8 nitrogen and oxygen atoms in total. The van der Waals surface area contributed by atoms with Crippen LogP contribution in [0.25, 0.3) is 0 Å². The fraction of sp³-hybridized carbons (Fsp3) is 0.353. The van der Waals surface area contributed by atoms with Gasteiger partial charge in [0, 0.05) is 37.2 Å². The Morgan fingerprint density at radius 1 is 1.28 bits per heavy atom. The van der Waals surface area contributed by atoms with Crippen LogP contribution in [0.15, 0.2) is 30.6 Å². The minimum absolute atomic E-state index is 0.0543. The quantitative estimate of drug-likeness (QED) is 0.878. The second-order valence-electron chi connectivity index (χ2n) is 6.63. The highest BCUT2D eigenvalue weighted by Gasteiger charge is 2.49. The monoisotopic (exact) mass is 336 g/mol. The Balaban J connectivity index is 1.50. The minimum atomic E-state index is -0.222. The smallest absolute Gasteiger partial charge is 0.291 e. The molecule has 2 saturated heterocycles. The second-order valence-corrected chi connectivity index (χ2v) is 6.63. The van der Waals surface area contributed by atoms with Crippen molar-refractivity contribution in [1.82, 2.24) is 20.1 Å². The number of benzene rings is 1. The largest absolute Gasteiger partial charge is 0.335 e. The molecule has 1 aromatic carbocycles. The van der Waals surface area contributed by atoms with Crippen LogP contribution < -0.4 is 4.90 Å². The number of aromatic nitrogens is 3. The molecule has 0 radical (unpaired) electrons. The average molecular weight is 336 g/mol. The van der Waals surface area contributed by atoms with Gasteiger partial charge in [-0.15, -0.1) is 0 Å². The van der Waals surface area contributed by atoms with Gasteiger partial charge in [-0.2, -0.15) is 10.4 Å². The van der Waals surface area contributed by atoms with Crippen molar-refractivity contribution in [2.45, 2.75) is 12.8 Å². The summed E-state index contributed by atoms with van der Waals surface area (Å²) in [5, 5.41) is 15.2. The third kappa shape index (κ3) is 2.63. The predicted octanol–water partition coefficient (Wildman–Crippen LogP) is 0.946. The van der Waals surface area contributed by atoms with Crippen molar-refractivity contribution in [2.75, 3.05) is 24.5 Å². The number of hydrogen-bond acceptors (Lipinski definition) is 5. The van der Waals surface area contributed by atoms with Crippen LogP contribution in [0.3, 0.4) is 0 Å². The molecule has 1 spiro atoms. The molecule has 0 unspecified atom stereocenters. The molecular formula is C17H16N6O2. The topological polar surface area (TPSA) is 106 Å². The Morgan fingerprint density at radius 3 is 2.76 bits per heavy atom. The van der Waals surface area contributed by atoms with Gasteiger partial charge in [-0.05, 0) is 30.7 Å². The number of carbonyl (C=O) groups is 2. The van der Waals surface area contributed by atoms with Crippen LogP contribution in [0.4, 0.5) is 5.69 Å². The molecule has 1 aromatic heterocycles. The second kappa shape index (κ2) is 5.70. The van der Waals surface area contributed by atoms with Crippen molar-refractivity contribution >= 4 is 17.5 Å². The summed E-state index contributed by atoms with van der Waals surface area (Å²) >= 11 is 0. The number of aromatic amines is 1. The standard InChI is InChI=1S/C17H16N6O2/c18-8-12-1-3-13(4-2-12)23-10-17(7-14(23)24)5-6-22(9-17)16(25)15-19-11-20-21-15/h1-4,11H,5-7,9-10H2,(H,19,20,21)/t17-/m1/s1. The third-order valence-electron chi connectivity index (χ3n) is 4.97. The van der Waals surface area contributed by atoms with E-state index in [-0.39, 0.29) is 23.1 Å². The first-order valence-electron chi connectivity index (χ1n) is 8.05. The molecule has 1 N–H and O–H groups in total. The van der Waals surface area contributed by atoms with E-state index in [0.29, 0.717) is 31.6 Å². The lowest BCUT2D eigenvalue weighted by molar-refractivity contribution is -0.117. The zero-order valence-electron chi connectivity index (χ0n) is 13.5. The highest BCUT2D eigenvalue weighted by atomic mass is 16.2. The van der Waals surface area contributed by atoms with Crippen LogP contribution in [0, 0.1) is 16.7 Å². The summed E-state index contributed by atoms with van der Waals surface area (Å²) < 4.78 is 0. The first-order chi connectivity index (χ1) is 12.1. The molecule has 2 amide bonds. The molecule has 0 saturated carbocycles. The van der Waals surface area contributed by atoms with Gasteiger partial charge in [0.05, 0.1) is 11.6 Å². The Morgan fingerprint density at radius 2 is 2.08 bits per heavy atom. The summed E-state index contributed by atoms with van der Waals surface area (Å²) in [6.45, 7) is 1.72. The summed E-state index contributed by atoms with van der Waals surface area (Å²) in [5.41, 5.74) is 1.14. The maximum Gasteiger partial charge on any atom is 0.291 e. The maximum absolute atomic E-state index is 12.5. The molecule has 4 rings (SSSR count). The average Bonchev–Trinajstić information content (AvgIpc) is 3.36. The van der Waals surface area contributed by atoms with E-state index in [4.69, 9.17) is 5.26 Å². The van der Waals surface area contributed by atoms with Gasteiger partial charge in [0.2, 0.25) is 11.7 Å². The van der Waals surface area contributed by atoms with Gasteiger partial charge in [-0.1, -0.05) is 0 Å². The fourth-order valence-corrected chi connectivity index (χ4v) is 3.69. The number of nitriles is 1. The van der Waals surface area contributed by atoms with Crippen LogP contribution in [0.1, 0.15) is 29.0 Å². The van der Waals surface area contributed by atoms with Crippen molar-refractivity contribution in [3.63, 3.8) is 0 Å². The Kier molecular flexibility index (Phi) is 3.50. The van der Waals surface area contributed by atoms with Crippen molar-refractivity contribution < 1.29 is 9.59 Å². The molecule has 0 bridgehead atoms. The van der Waals surface area contributed by atoms with Gasteiger partial charge >= 0.3 is 0 Å². The number of nitrogens with one attached hydrogen (secondary N) is 1. The number of likely N-dealkylation sites (tertiary alicyclic amines) is 1. The number of carbonyl (C=O) groups excluding carboxylic acids is 2. The van der Waals surface area contributed by atoms with Crippen molar-refractivity contribution in [3.05, 3.63) is 42.0 Å². The van der Waals surface area contributed by atoms with Crippen LogP contribution in [-0.4, -0.2) is 51.5 Å². The van der Waals surface area contributed by atoms with Crippen molar-refractivity contribution in [3.8, 4) is 6.07 Å². The summed E-state index contributed by atoms with van der Waals surface area (Å²) in [5.74, 6) is 0.0997. The predicted molar refractivity (Wildman–Crippen MR) is 87.5 cm³/mol. The lowest BCUT2D eigenvalue weighted by atomic mass is 9.86. The maximum atomic E-state index is 12.5. The molecule has 2 aromatic rings. The summed E-state index contributed by atoms with van der Waals surface area (Å²) in [7, 11) is 0. The zero-order chi connectivity index (χ0) is 17.4. The summed E-state index contributed by atoms with van der Waals surface area (Å²) in [6, 6.07) is 9.08. The minimum Gasteiger partial charge on any atom is -0.335 e. The van der Waals surface area contributed by atoms with Gasteiger partial charge < -0.3 is 9.80 Å². The lowest BCUT2D eigenvalue weighted by Crippen LogP contribution is -2.34. The first-order valence-corrected chi connectivity index (χ1v) is 8.05. The number of hydrogen-bond donors (Lipinski definition) is 1. The van der Waals surface area contributed by atoms with Gasteiger partial charge in [0.15, 0.2) is 0 Å². The van der Waals surface area contributed by atoms with Gasteiger partial charge in [0.1, 0.15) is 6.33 Å². The molecule has 2 aliphatic rings. The van der Waals surface area contributed by atoms with Crippen molar-refractivity contribution in [2.24, 2.45) is 5.41 Å². The fourth-order valence-electron chi connectivity index (χ4n) is 3.69.